The Labute approximate surface area is 116 Å². The quantitative estimate of drug-likeness (QED) is 0.854. The van der Waals surface area contributed by atoms with Gasteiger partial charge in [-0.15, -0.1) is 0 Å². The first-order valence-corrected chi connectivity index (χ1v) is 7.27. The van der Waals surface area contributed by atoms with Crippen LogP contribution in [0.4, 0.5) is 0 Å². The van der Waals surface area contributed by atoms with Gasteiger partial charge in [0.2, 0.25) is 0 Å². The molecular formula is C16H25NO2. The van der Waals surface area contributed by atoms with Crippen molar-refractivity contribution in [2.45, 2.75) is 51.9 Å². The van der Waals surface area contributed by atoms with Gasteiger partial charge in [0, 0.05) is 19.2 Å². The molecule has 0 spiro atoms. The average molecular weight is 263 g/mol. The molecule has 0 unspecified atom stereocenters. The second-order valence-corrected chi connectivity index (χ2v) is 5.50. The van der Waals surface area contributed by atoms with E-state index >= 15 is 0 Å². The minimum absolute atomic E-state index is 0.223. The predicted octanol–water partition coefficient (Wildman–Crippen LogP) is 3.30. The Morgan fingerprint density at radius 2 is 2.00 bits per heavy atom. The smallest absolute Gasteiger partial charge is 0.119 e. The van der Waals surface area contributed by atoms with E-state index in [9.17, 15) is 0 Å². The zero-order valence-electron chi connectivity index (χ0n) is 12.2. The van der Waals surface area contributed by atoms with E-state index in [0.717, 1.165) is 18.9 Å². The van der Waals surface area contributed by atoms with Gasteiger partial charge in [-0.05, 0) is 51.3 Å². The van der Waals surface area contributed by atoms with Gasteiger partial charge in [-0.2, -0.15) is 0 Å². The van der Waals surface area contributed by atoms with E-state index in [1.54, 1.807) is 0 Å². The van der Waals surface area contributed by atoms with Crippen molar-refractivity contribution in [3.05, 3.63) is 29.8 Å². The molecule has 2 rings (SSSR count). The van der Waals surface area contributed by atoms with Crippen LogP contribution in [0.15, 0.2) is 24.3 Å². The van der Waals surface area contributed by atoms with E-state index in [1.165, 1.54) is 18.4 Å². The molecule has 1 aromatic carbocycles. The molecule has 106 valence electrons. The molecule has 1 saturated heterocycles. The molecule has 0 aromatic heterocycles. The number of benzene rings is 1. The van der Waals surface area contributed by atoms with Gasteiger partial charge in [0.05, 0.1) is 12.2 Å². The summed E-state index contributed by atoms with van der Waals surface area (Å²) in [5.74, 6) is 0.935. The van der Waals surface area contributed by atoms with Crippen molar-refractivity contribution in [1.82, 2.24) is 5.32 Å². The zero-order valence-corrected chi connectivity index (χ0v) is 12.2. The second-order valence-electron chi connectivity index (χ2n) is 5.50. The Morgan fingerprint density at radius 1 is 1.26 bits per heavy atom. The van der Waals surface area contributed by atoms with Gasteiger partial charge in [0.25, 0.3) is 0 Å². The fraction of sp³-hybridized carbons (Fsp3) is 0.625. The minimum Gasteiger partial charge on any atom is -0.491 e. The van der Waals surface area contributed by atoms with E-state index in [4.69, 9.17) is 9.47 Å². The summed E-state index contributed by atoms with van der Waals surface area (Å²) >= 11 is 0. The Kier molecular flexibility index (Phi) is 5.23. The van der Waals surface area contributed by atoms with E-state index in [0.29, 0.717) is 12.1 Å². The van der Waals surface area contributed by atoms with Crippen molar-refractivity contribution in [2.24, 2.45) is 0 Å². The largest absolute Gasteiger partial charge is 0.491 e. The summed E-state index contributed by atoms with van der Waals surface area (Å²) in [6.45, 7) is 8.13. The maximum Gasteiger partial charge on any atom is 0.119 e. The number of rotatable bonds is 6. The highest BCUT2D eigenvalue weighted by Crippen LogP contribution is 2.19. The molecule has 0 bridgehead atoms. The van der Waals surface area contributed by atoms with E-state index in [1.807, 2.05) is 26.0 Å². The third-order valence-corrected chi connectivity index (χ3v) is 3.43. The molecule has 1 heterocycles. The van der Waals surface area contributed by atoms with Crippen LogP contribution in [0.25, 0.3) is 0 Å². The van der Waals surface area contributed by atoms with Crippen LogP contribution in [0.2, 0.25) is 0 Å². The topological polar surface area (TPSA) is 30.5 Å². The van der Waals surface area contributed by atoms with Gasteiger partial charge < -0.3 is 14.8 Å². The minimum atomic E-state index is 0.223. The molecule has 1 aliphatic rings. The lowest BCUT2D eigenvalue weighted by Crippen LogP contribution is -2.28. The predicted molar refractivity (Wildman–Crippen MR) is 77.6 cm³/mol. The van der Waals surface area contributed by atoms with E-state index < -0.39 is 0 Å². The van der Waals surface area contributed by atoms with Gasteiger partial charge in [-0.3, -0.25) is 0 Å². The van der Waals surface area contributed by atoms with Crippen LogP contribution in [0.3, 0.4) is 0 Å². The van der Waals surface area contributed by atoms with Crippen molar-refractivity contribution in [3.63, 3.8) is 0 Å². The maximum atomic E-state index is 5.65. The summed E-state index contributed by atoms with van der Waals surface area (Å²) in [4.78, 5) is 0. The average Bonchev–Trinajstić information content (AvgIpc) is 2.89. The number of hydrogen-bond donors (Lipinski definition) is 1. The van der Waals surface area contributed by atoms with Crippen LogP contribution in [-0.2, 0) is 4.74 Å². The first-order valence-electron chi connectivity index (χ1n) is 7.27. The van der Waals surface area contributed by atoms with Crippen LogP contribution < -0.4 is 10.1 Å². The fourth-order valence-corrected chi connectivity index (χ4v) is 2.34. The molecule has 1 aliphatic heterocycles. The number of nitrogens with one attached hydrogen (secondary N) is 1. The van der Waals surface area contributed by atoms with Crippen LogP contribution in [0.1, 0.15) is 45.2 Å². The normalized spacial score (nSPS) is 20.7. The second kappa shape index (κ2) is 6.92. The molecule has 0 amide bonds. The highest BCUT2D eigenvalue weighted by molar-refractivity contribution is 5.29. The molecular weight excluding hydrogens is 238 g/mol. The number of ether oxygens (including phenoxy) is 2. The van der Waals surface area contributed by atoms with Crippen LogP contribution in [0, 0.1) is 0 Å². The number of hydrogen-bond acceptors (Lipinski definition) is 3. The Morgan fingerprint density at radius 3 is 2.58 bits per heavy atom. The third-order valence-electron chi connectivity index (χ3n) is 3.43. The van der Waals surface area contributed by atoms with Crippen LogP contribution in [0.5, 0.6) is 5.75 Å². The van der Waals surface area contributed by atoms with Crippen molar-refractivity contribution >= 4 is 0 Å². The summed E-state index contributed by atoms with van der Waals surface area (Å²) in [7, 11) is 0. The van der Waals surface area contributed by atoms with Gasteiger partial charge in [0.15, 0.2) is 0 Å². The van der Waals surface area contributed by atoms with Gasteiger partial charge in [-0.1, -0.05) is 12.1 Å². The molecule has 1 aromatic rings. The summed E-state index contributed by atoms with van der Waals surface area (Å²) in [6.07, 6.45) is 3.00. The molecule has 2 atom stereocenters. The Balaban J connectivity index is 1.82. The van der Waals surface area contributed by atoms with Crippen molar-refractivity contribution in [3.8, 4) is 5.75 Å². The molecule has 19 heavy (non-hydrogen) atoms. The SMILES string of the molecule is CC(C)Oc1ccc([C@H](C)NC[C@@H]2CCCO2)cc1. The third kappa shape index (κ3) is 4.51. The zero-order chi connectivity index (χ0) is 13.7. The molecule has 0 aliphatic carbocycles. The summed E-state index contributed by atoms with van der Waals surface area (Å²) in [5, 5.41) is 3.54. The van der Waals surface area contributed by atoms with Gasteiger partial charge in [-0.25, -0.2) is 0 Å². The van der Waals surface area contributed by atoms with Crippen molar-refractivity contribution in [1.29, 1.82) is 0 Å². The first-order chi connectivity index (χ1) is 9.15. The lowest BCUT2D eigenvalue weighted by atomic mass is 10.1. The van der Waals surface area contributed by atoms with E-state index in [-0.39, 0.29) is 6.10 Å². The molecule has 3 nitrogen and oxygen atoms in total. The van der Waals surface area contributed by atoms with Crippen LogP contribution >= 0.6 is 0 Å². The van der Waals surface area contributed by atoms with Crippen LogP contribution in [-0.4, -0.2) is 25.4 Å². The molecule has 0 radical (unpaired) electrons. The lowest BCUT2D eigenvalue weighted by Gasteiger charge is -2.18. The molecule has 3 heteroatoms. The Bertz CT molecular complexity index is 369. The fourth-order valence-electron chi connectivity index (χ4n) is 2.34. The maximum absolute atomic E-state index is 5.65. The molecule has 0 saturated carbocycles. The van der Waals surface area contributed by atoms with Gasteiger partial charge >= 0.3 is 0 Å². The van der Waals surface area contributed by atoms with E-state index in [2.05, 4.69) is 24.4 Å². The first kappa shape index (κ1) is 14.4. The highest BCUT2D eigenvalue weighted by Gasteiger charge is 2.16. The summed E-state index contributed by atoms with van der Waals surface area (Å²) in [5.41, 5.74) is 1.29. The summed E-state index contributed by atoms with van der Waals surface area (Å²) in [6, 6.07) is 8.69. The standard InChI is InChI=1S/C16H25NO2/c1-12(2)19-15-8-6-14(7-9-15)13(3)17-11-16-5-4-10-18-16/h6-9,12-13,16-17H,4-5,10-11H2,1-3H3/t13-,16-/m0/s1. The summed E-state index contributed by atoms with van der Waals surface area (Å²) < 4.78 is 11.3. The lowest BCUT2D eigenvalue weighted by molar-refractivity contribution is 0.108. The van der Waals surface area contributed by atoms with Gasteiger partial charge in [0.1, 0.15) is 5.75 Å². The highest BCUT2D eigenvalue weighted by atomic mass is 16.5. The van der Waals surface area contributed by atoms with Crippen molar-refractivity contribution < 1.29 is 9.47 Å². The molecule has 1 N–H and O–H groups in total. The Hall–Kier alpha value is -1.06. The monoisotopic (exact) mass is 263 g/mol. The van der Waals surface area contributed by atoms with Crippen molar-refractivity contribution in [2.75, 3.05) is 13.2 Å². The molecule has 1 fully saturated rings.